The molecule has 0 aliphatic heterocycles. The zero-order chi connectivity index (χ0) is 15.2. The van der Waals surface area contributed by atoms with E-state index >= 15 is 0 Å². The van der Waals surface area contributed by atoms with Gasteiger partial charge in [-0.15, -0.1) is 0 Å². The smallest absolute Gasteiger partial charge is 0.229 e. The molecular weight excluding hydrogens is 334 g/mol. The highest BCUT2D eigenvalue weighted by atomic mass is 79.9. The summed E-state index contributed by atoms with van der Waals surface area (Å²) in [5.41, 5.74) is 1.10. The van der Waals surface area contributed by atoms with Crippen molar-refractivity contribution in [2.45, 2.75) is 39.8 Å². The van der Waals surface area contributed by atoms with Gasteiger partial charge in [-0.3, -0.25) is 0 Å². The maximum Gasteiger partial charge on any atom is 0.229 e. The van der Waals surface area contributed by atoms with E-state index in [9.17, 15) is 0 Å². The van der Waals surface area contributed by atoms with Gasteiger partial charge in [0, 0.05) is 18.0 Å². The van der Waals surface area contributed by atoms with Crippen LogP contribution in [0, 0.1) is 0 Å². The third-order valence-electron chi connectivity index (χ3n) is 2.94. The summed E-state index contributed by atoms with van der Waals surface area (Å²) >= 11 is 3.52. The average molecular weight is 354 g/mol. The van der Waals surface area contributed by atoms with Gasteiger partial charge in [0.25, 0.3) is 0 Å². The van der Waals surface area contributed by atoms with Crippen LogP contribution in [-0.2, 0) is 13.2 Å². The Morgan fingerprint density at radius 2 is 2.19 bits per heavy atom. The van der Waals surface area contributed by atoms with Crippen molar-refractivity contribution < 1.29 is 9.26 Å². The summed E-state index contributed by atoms with van der Waals surface area (Å²) in [6.07, 6.45) is 0. The van der Waals surface area contributed by atoms with Crippen LogP contribution >= 0.6 is 15.9 Å². The normalized spacial score (nSPS) is 11.1. The molecular formula is C15H20BrN3O2. The molecule has 114 valence electrons. The molecule has 0 bridgehead atoms. The van der Waals surface area contributed by atoms with E-state index in [1.807, 2.05) is 32.0 Å². The van der Waals surface area contributed by atoms with Crippen LogP contribution in [0.15, 0.2) is 27.2 Å². The van der Waals surface area contributed by atoms with Crippen LogP contribution in [0.3, 0.4) is 0 Å². The van der Waals surface area contributed by atoms with E-state index in [-0.39, 0.29) is 12.5 Å². The SMILES string of the molecule is CCNCc1cccc(Br)c1OCc1noc(C(C)C)n1. The van der Waals surface area contributed by atoms with Crippen LogP contribution in [0.5, 0.6) is 5.75 Å². The second-order valence-electron chi connectivity index (χ2n) is 5.00. The van der Waals surface area contributed by atoms with Gasteiger partial charge in [-0.2, -0.15) is 4.98 Å². The molecule has 0 aliphatic rings. The molecule has 2 aromatic rings. The Morgan fingerprint density at radius 1 is 1.38 bits per heavy atom. The van der Waals surface area contributed by atoms with Gasteiger partial charge in [0.2, 0.25) is 11.7 Å². The molecule has 0 amide bonds. The molecule has 5 nitrogen and oxygen atoms in total. The van der Waals surface area contributed by atoms with Crippen molar-refractivity contribution in [3.05, 3.63) is 40.0 Å². The first-order valence-electron chi connectivity index (χ1n) is 7.05. The summed E-state index contributed by atoms with van der Waals surface area (Å²) < 4.78 is 12.0. The Bertz CT molecular complexity index is 584. The van der Waals surface area contributed by atoms with E-state index in [0.717, 1.165) is 28.9 Å². The number of nitrogens with zero attached hydrogens (tertiary/aromatic N) is 2. The molecule has 2 rings (SSSR count). The molecule has 0 aliphatic carbocycles. The third-order valence-corrected chi connectivity index (χ3v) is 3.56. The van der Waals surface area contributed by atoms with Gasteiger partial charge in [0.05, 0.1) is 4.47 Å². The monoisotopic (exact) mass is 353 g/mol. The standard InChI is InChI=1S/C15H20BrN3O2/c1-4-17-8-11-6-5-7-12(16)14(11)20-9-13-18-15(10(2)3)21-19-13/h5-7,10,17H,4,8-9H2,1-3H3. The number of hydrogen-bond acceptors (Lipinski definition) is 5. The fourth-order valence-corrected chi connectivity index (χ4v) is 2.33. The Labute approximate surface area is 133 Å². The summed E-state index contributed by atoms with van der Waals surface area (Å²) in [5, 5.41) is 7.23. The minimum absolute atomic E-state index is 0.221. The fraction of sp³-hybridized carbons (Fsp3) is 0.467. The first-order valence-corrected chi connectivity index (χ1v) is 7.84. The van der Waals surface area contributed by atoms with Crippen molar-refractivity contribution in [1.82, 2.24) is 15.5 Å². The molecule has 0 fully saturated rings. The Hall–Kier alpha value is -1.40. The second-order valence-corrected chi connectivity index (χ2v) is 5.85. The maximum atomic E-state index is 5.87. The van der Waals surface area contributed by atoms with Crippen LogP contribution < -0.4 is 10.1 Å². The van der Waals surface area contributed by atoms with Crippen molar-refractivity contribution in [2.24, 2.45) is 0 Å². The molecule has 6 heteroatoms. The first-order chi connectivity index (χ1) is 10.1. The maximum absolute atomic E-state index is 5.87. The lowest BCUT2D eigenvalue weighted by Crippen LogP contribution is -2.13. The molecule has 1 N–H and O–H groups in total. The largest absolute Gasteiger partial charge is 0.484 e. The molecule has 0 radical (unpaired) electrons. The summed E-state index contributed by atoms with van der Waals surface area (Å²) in [5.74, 6) is 2.23. The third kappa shape index (κ3) is 4.28. The predicted octanol–water partition coefficient (Wildman–Crippen LogP) is 3.64. The van der Waals surface area contributed by atoms with Crippen molar-refractivity contribution in [2.75, 3.05) is 6.54 Å². The van der Waals surface area contributed by atoms with Gasteiger partial charge in [0.1, 0.15) is 5.75 Å². The number of aromatic nitrogens is 2. The van der Waals surface area contributed by atoms with Gasteiger partial charge in [0.15, 0.2) is 6.61 Å². The van der Waals surface area contributed by atoms with E-state index in [1.165, 1.54) is 0 Å². The van der Waals surface area contributed by atoms with E-state index < -0.39 is 0 Å². The van der Waals surface area contributed by atoms with E-state index in [4.69, 9.17) is 9.26 Å². The second kappa shape index (κ2) is 7.56. The number of nitrogens with one attached hydrogen (secondary N) is 1. The van der Waals surface area contributed by atoms with Crippen molar-refractivity contribution >= 4 is 15.9 Å². The number of para-hydroxylation sites is 1. The van der Waals surface area contributed by atoms with Gasteiger partial charge in [-0.25, -0.2) is 0 Å². The van der Waals surface area contributed by atoms with Crippen LogP contribution in [-0.4, -0.2) is 16.7 Å². The average Bonchev–Trinajstić information content (AvgIpc) is 2.93. The highest BCUT2D eigenvalue weighted by Crippen LogP contribution is 2.29. The summed E-state index contributed by atoms with van der Waals surface area (Å²) in [6, 6.07) is 5.99. The highest BCUT2D eigenvalue weighted by Gasteiger charge is 2.12. The molecule has 0 saturated carbocycles. The Morgan fingerprint density at radius 3 is 2.86 bits per heavy atom. The van der Waals surface area contributed by atoms with Crippen molar-refractivity contribution in [3.8, 4) is 5.75 Å². The van der Waals surface area contributed by atoms with Crippen molar-refractivity contribution in [3.63, 3.8) is 0 Å². The number of ether oxygens (including phenoxy) is 1. The molecule has 1 aromatic carbocycles. The van der Waals surface area contributed by atoms with Gasteiger partial charge in [-0.05, 0) is 28.5 Å². The zero-order valence-corrected chi connectivity index (χ0v) is 14.1. The van der Waals surface area contributed by atoms with E-state index in [0.29, 0.717) is 11.7 Å². The number of halogens is 1. The number of benzene rings is 1. The molecule has 0 saturated heterocycles. The Kier molecular flexibility index (Phi) is 5.76. The van der Waals surface area contributed by atoms with Gasteiger partial charge in [-0.1, -0.05) is 38.1 Å². The van der Waals surface area contributed by atoms with Crippen LogP contribution in [0.4, 0.5) is 0 Å². The lowest BCUT2D eigenvalue weighted by atomic mass is 10.2. The van der Waals surface area contributed by atoms with Crippen LogP contribution in [0.25, 0.3) is 0 Å². The predicted molar refractivity (Wildman–Crippen MR) is 84.2 cm³/mol. The molecule has 1 heterocycles. The molecule has 0 unspecified atom stereocenters. The van der Waals surface area contributed by atoms with E-state index in [1.54, 1.807) is 0 Å². The molecule has 1 aromatic heterocycles. The Balaban J connectivity index is 2.07. The van der Waals surface area contributed by atoms with Gasteiger partial charge >= 0.3 is 0 Å². The molecule has 21 heavy (non-hydrogen) atoms. The number of hydrogen-bond donors (Lipinski definition) is 1. The first kappa shape index (κ1) is 16.0. The van der Waals surface area contributed by atoms with E-state index in [2.05, 4.69) is 38.3 Å². The lowest BCUT2D eigenvalue weighted by molar-refractivity contribution is 0.279. The topological polar surface area (TPSA) is 60.2 Å². The summed E-state index contributed by atoms with van der Waals surface area (Å²) in [6.45, 7) is 8.06. The van der Waals surface area contributed by atoms with Crippen molar-refractivity contribution in [1.29, 1.82) is 0 Å². The van der Waals surface area contributed by atoms with Gasteiger partial charge < -0.3 is 14.6 Å². The molecule has 0 atom stereocenters. The quantitative estimate of drug-likeness (QED) is 0.823. The summed E-state index contributed by atoms with van der Waals surface area (Å²) in [4.78, 5) is 4.31. The van der Waals surface area contributed by atoms with Crippen LogP contribution in [0.1, 0.15) is 44.0 Å². The minimum Gasteiger partial charge on any atom is -0.484 e. The lowest BCUT2D eigenvalue weighted by Gasteiger charge is -2.12. The zero-order valence-electron chi connectivity index (χ0n) is 12.5. The highest BCUT2D eigenvalue weighted by molar-refractivity contribution is 9.10. The summed E-state index contributed by atoms with van der Waals surface area (Å²) in [7, 11) is 0. The minimum atomic E-state index is 0.221. The fourth-order valence-electron chi connectivity index (χ4n) is 1.81. The number of rotatable bonds is 7. The molecule has 0 spiro atoms. The van der Waals surface area contributed by atoms with Crippen LogP contribution in [0.2, 0.25) is 0 Å².